The van der Waals surface area contributed by atoms with Crippen molar-refractivity contribution in [2.24, 2.45) is 17.3 Å². The highest BCUT2D eigenvalue weighted by molar-refractivity contribution is 9.09. The van der Waals surface area contributed by atoms with Crippen molar-refractivity contribution in [2.75, 3.05) is 25.0 Å². The Morgan fingerprint density at radius 2 is 1.89 bits per heavy atom. The molecule has 0 spiro atoms. The van der Waals surface area contributed by atoms with Gasteiger partial charge < -0.3 is 4.90 Å². The lowest BCUT2D eigenvalue weighted by molar-refractivity contribution is -0.187. The number of likely N-dealkylation sites (tertiary alicyclic amines) is 1. The Labute approximate surface area is 116 Å². The molecule has 0 radical (unpaired) electrons. The molecule has 5 heteroatoms. The lowest BCUT2D eigenvalue weighted by Crippen LogP contribution is -2.45. The lowest BCUT2D eigenvalue weighted by atomic mass is 9.81. The van der Waals surface area contributed by atoms with Crippen LogP contribution in [0.4, 0.5) is 13.2 Å². The van der Waals surface area contributed by atoms with Crippen LogP contribution >= 0.6 is 15.9 Å². The van der Waals surface area contributed by atoms with Crippen molar-refractivity contribution >= 4 is 15.9 Å². The van der Waals surface area contributed by atoms with Gasteiger partial charge in [-0.3, -0.25) is 0 Å². The summed E-state index contributed by atoms with van der Waals surface area (Å²) in [6, 6.07) is 0. The third kappa shape index (κ3) is 4.72. The standard InChI is InChI=1S/C13H23BrF3N/c1-12(2,3)11(7-14)9-18-6-4-5-10(8-18)13(15,16)17/h10-11H,4-9H2,1-3H3. The average molecular weight is 330 g/mol. The molecule has 0 aromatic rings. The van der Waals surface area contributed by atoms with E-state index in [1.165, 1.54) is 0 Å². The molecule has 0 N–H and O–H groups in total. The Kier molecular flexibility index (Phi) is 5.54. The van der Waals surface area contributed by atoms with Crippen molar-refractivity contribution in [3.05, 3.63) is 0 Å². The summed E-state index contributed by atoms with van der Waals surface area (Å²) in [5.41, 5.74) is 0.120. The Bertz CT molecular complexity index is 260. The second-order valence-electron chi connectivity index (χ2n) is 6.36. The molecule has 108 valence electrons. The molecule has 18 heavy (non-hydrogen) atoms. The lowest BCUT2D eigenvalue weighted by Gasteiger charge is -2.39. The van der Waals surface area contributed by atoms with Crippen LogP contribution in [0.2, 0.25) is 0 Å². The molecule has 1 rings (SSSR count). The number of halogens is 4. The van der Waals surface area contributed by atoms with Gasteiger partial charge in [0, 0.05) is 18.4 Å². The molecule has 2 atom stereocenters. The van der Waals surface area contributed by atoms with E-state index < -0.39 is 12.1 Å². The summed E-state index contributed by atoms with van der Waals surface area (Å²) >= 11 is 3.48. The zero-order valence-electron chi connectivity index (χ0n) is 11.4. The largest absolute Gasteiger partial charge is 0.393 e. The van der Waals surface area contributed by atoms with Gasteiger partial charge >= 0.3 is 6.18 Å². The quantitative estimate of drug-likeness (QED) is 0.697. The maximum Gasteiger partial charge on any atom is 0.393 e. The average Bonchev–Trinajstić information content (AvgIpc) is 2.23. The van der Waals surface area contributed by atoms with E-state index in [0.29, 0.717) is 12.3 Å². The van der Waals surface area contributed by atoms with Gasteiger partial charge in [-0.1, -0.05) is 36.7 Å². The highest BCUT2D eigenvalue weighted by Crippen LogP contribution is 2.35. The van der Waals surface area contributed by atoms with Crippen molar-refractivity contribution < 1.29 is 13.2 Å². The predicted octanol–water partition coefficient (Wildman–Crippen LogP) is 4.32. The fraction of sp³-hybridized carbons (Fsp3) is 1.00. The molecule has 1 fully saturated rings. The zero-order valence-corrected chi connectivity index (χ0v) is 12.9. The molecular formula is C13H23BrF3N. The summed E-state index contributed by atoms with van der Waals surface area (Å²) in [4.78, 5) is 1.98. The molecule has 0 aromatic carbocycles. The van der Waals surface area contributed by atoms with Crippen LogP contribution < -0.4 is 0 Å². The highest BCUT2D eigenvalue weighted by atomic mass is 79.9. The smallest absolute Gasteiger partial charge is 0.302 e. The molecule has 1 nitrogen and oxygen atoms in total. The molecule has 0 saturated carbocycles. The molecular weight excluding hydrogens is 307 g/mol. The van der Waals surface area contributed by atoms with E-state index in [1.54, 1.807) is 0 Å². The molecule has 1 saturated heterocycles. The second-order valence-corrected chi connectivity index (χ2v) is 7.01. The number of piperidine rings is 1. The SMILES string of the molecule is CC(C)(C)C(CBr)CN1CCCC(C(F)(F)F)C1. The van der Waals surface area contributed by atoms with E-state index in [-0.39, 0.29) is 18.4 Å². The van der Waals surface area contributed by atoms with E-state index in [1.807, 2.05) is 4.90 Å². The number of nitrogens with zero attached hydrogens (tertiary/aromatic N) is 1. The zero-order chi connectivity index (χ0) is 14.0. The Morgan fingerprint density at radius 3 is 2.33 bits per heavy atom. The summed E-state index contributed by atoms with van der Waals surface area (Å²) in [6.45, 7) is 8.15. The highest BCUT2D eigenvalue weighted by Gasteiger charge is 2.42. The van der Waals surface area contributed by atoms with Crippen molar-refractivity contribution in [3.63, 3.8) is 0 Å². The van der Waals surface area contributed by atoms with Crippen molar-refractivity contribution in [3.8, 4) is 0 Å². The maximum absolute atomic E-state index is 12.7. The van der Waals surface area contributed by atoms with Crippen LogP contribution in [-0.2, 0) is 0 Å². The van der Waals surface area contributed by atoms with Crippen LogP contribution in [0.15, 0.2) is 0 Å². The third-order valence-corrected chi connectivity index (χ3v) is 4.64. The van der Waals surface area contributed by atoms with E-state index in [2.05, 4.69) is 36.7 Å². The van der Waals surface area contributed by atoms with Crippen LogP contribution in [0.25, 0.3) is 0 Å². The van der Waals surface area contributed by atoms with Gasteiger partial charge in [0.25, 0.3) is 0 Å². The summed E-state index contributed by atoms with van der Waals surface area (Å²) in [6.07, 6.45) is -3.10. The first-order valence-corrected chi connectivity index (χ1v) is 7.61. The van der Waals surface area contributed by atoms with E-state index in [4.69, 9.17) is 0 Å². The number of rotatable bonds is 3. The van der Waals surface area contributed by atoms with Crippen molar-refractivity contribution in [1.29, 1.82) is 0 Å². The summed E-state index contributed by atoms with van der Waals surface area (Å²) in [5.74, 6) is -0.758. The summed E-state index contributed by atoms with van der Waals surface area (Å²) < 4.78 is 38.2. The molecule has 1 aliphatic rings. The third-order valence-electron chi connectivity index (χ3n) is 3.86. The first kappa shape index (κ1) is 16.3. The predicted molar refractivity (Wildman–Crippen MR) is 72.0 cm³/mol. The Balaban J connectivity index is 2.57. The van der Waals surface area contributed by atoms with Gasteiger partial charge in [0.05, 0.1) is 5.92 Å². The topological polar surface area (TPSA) is 3.24 Å². The van der Waals surface area contributed by atoms with Gasteiger partial charge in [-0.05, 0) is 30.7 Å². The van der Waals surface area contributed by atoms with Crippen LogP contribution in [0.5, 0.6) is 0 Å². The Morgan fingerprint density at radius 1 is 1.28 bits per heavy atom. The number of hydrogen-bond acceptors (Lipinski definition) is 1. The van der Waals surface area contributed by atoms with Crippen LogP contribution in [0.3, 0.4) is 0 Å². The van der Waals surface area contributed by atoms with E-state index in [0.717, 1.165) is 18.4 Å². The van der Waals surface area contributed by atoms with Crippen LogP contribution in [-0.4, -0.2) is 36.0 Å². The van der Waals surface area contributed by atoms with Crippen LogP contribution in [0, 0.1) is 17.3 Å². The van der Waals surface area contributed by atoms with Crippen LogP contribution in [0.1, 0.15) is 33.6 Å². The van der Waals surface area contributed by atoms with E-state index in [9.17, 15) is 13.2 Å². The first-order chi connectivity index (χ1) is 8.14. The molecule has 0 aliphatic carbocycles. The monoisotopic (exact) mass is 329 g/mol. The number of hydrogen-bond donors (Lipinski definition) is 0. The second kappa shape index (κ2) is 6.12. The van der Waals surface area contributed by atoms with Gasteiger partial charge in [-0.25, -0.2) is 0 Å². The normalized spacial score (nSPS) is 25.2. The minimum atomic E-state index is -4.04. The molecule has 0 aromatic heterocycles. The summed E-state index contributed by atoms with van der Waals surface area (Å²) in [5, 5.41) is 0.837. The van der Waals surface area contributed by atoms with Crippen molar-refractivity contribution in [1.82, 2.24) is 4.90 Å². The fourth-order valence-electron chi connectivity index (χ4n) is 2.35. The molecule has 0 amide bonds. The van der Waals surface area contributed by atoms with Gasteiger partial charge in [-0.2, -0.15) is 13.2 Å². The van der Waals surface area contributed by atoms with E-state index >= 15 is 0 Å². The minimum absolute atomic E-state index is 0.120. The number of alkyl halides is 4. The van der Waals surface area contributed by atoms with Gasteiger partial charge in [0.2, 0.25) is 0 Å². The maximum atomic E-state index is 12.7. The van der Waals surface area contributed by atoms with Gasteiger partial charge in [0.15, 0.2) is 0 Å². The Hall–Kier alpha value is 0.230. The molecule has 1 heterocycles. The molecule has 2 unspecified atom stereocenters. The first-order valence-electron chi connectivity index (χ1n) is 6.49. The summed E-state index contributed by atoms with van der Waals surface area (Å²) in [7, 11) is 0. The molecule has 0 bridgehead atoms. The molecule has 1 aliphatic heterocycles. The van der Waals surface area contributed by atoms with Crippen molar-refractivity contribution in [2.45, 2.75) is 39.8 Å². The minimum Gasteiger partial charge on any atom is -0.302 e. The van der Waals surface area contributed by atoms with Gasteiger partial charge in [-0.15, -0.1) is 0 Å². The fourth-order valence-corrected chi connectivity index (χ4v) is 3.53. The van der Waals surface area contributed by atoms with Gasteiger partial charge in [0.1, 0.15) is 0 Å².